The summed E-state index contributed by atoms with van der Waals surface area (Å²) in [5.41, 5.74) is 10.3. The molecule has 4 atom stereocenters. The van der Waals surface area contributed by atoms with Crippen molar-refractivity contribution in [1.82, 2.24) is 16.0 Å². The van der Waals surface area contributed by atoms with Crippen molar-refractivity contribution >= 4 is 35.6 Å². The highest BCUT2D eigenvalue weighted by Gasteiger charge is 2.32. The summed E-state index contributed by atoms with van der Waals surface area (Å²) in [4.78, 5) is 68.3. The number of nitrogens with one attached hydrogen (secondary N) is 3. The molecule has 0 heterocycles. The molecule has 0 aliphatic carbocycles. The molecular formula is C14H23N5O9. The van der Waals surface area contributed by atoms with Gasteiger partial charge in [0.25, 0.3) is 0 Å². The summed E-state index contributed by atoms with van der Waals surface area (Å²) in [5.74, 6) is -6.98. The second-order valence-corrected chi connectivity index (χ2v) is 5.77. The first-order chi connectivity index (χ1) is 12.8. The maximum absolute atomic E-state index is 12.3. The Hall–Kier alpha value is -3.26. The van der Waals surface area contributed by atoms with Crippen LogP contribution in [0, 0.1) is 0 Å². The van der Waals surface area contributed by atoms with E-state index in [1.807, 2.05) is 16.0 Å². The summed E-state index contributed by atoms with van der Waals surface area (Å²) >= 11 is 0. The molecule has 4 unspecified atom stereocenters. The Kier molecular flexibility index (Phi) is 10.1. The van der Waals surface area contributed by atoms with Gasteiger partial charge in [-0.05, 0) is 6.92 Å². The molecule has 0 aromatic heterocycles. The number of carboxylic acids is 2. The fraction of sp³-hybridized carbons (Fsp3) is 0.571. The summed E-state index contributed by atoms with van der Waals surface area (Å²) in [7, 11) is 0. The van der Waals surface area contributed by atoms with Crippen LogP contribution in [-0.4, -0.2) is 81.7 Å². The third-order valence-corrected chi connectivity index (χ3v) is 3.25. The van der Waals surface area contributed by atoms with Gasteiger partial charge in [-0.1, -0.05) is 0 Å². The Morgan fingerprint density at radius 1 is 0.893 bits per heavy atom. The summed E-state index contributed by atoms with van der Waals surface area (Å²) < 4.78 is 0. The van der Waals surface area contributed by atoms with E-state index in [4.69, 9.17) is 21.7 Å². The zero-order valence-corrected chi connectivity index (χ0v) is 14.9. The molecule has 0 rings (SSSR count). The number of hydrogen-bond donors (Lipinski definition) is 8. The lowest BCUT2D eigenvalue weighted by molar-refractivity contribution is -0.142. The molecule has 10 N–H and O–H groups in total. The van der Waals surface area contributed by atoms with Gasteiger partial charge in [-0.15, -0.1) is 0 Å². The molecule has 0 aliphatic rings. The quantitative estimate of drug-likeness (QED) is 0.154. The fourth-order valence-electron chi connectivity index (χ4n) is 1.90. The molecular weight excluding hydrogens is 382 g/mol. The first kappa shape index (κ1) is 24.7. The van der Waals surface area contributed by atoms with Gasteiger partial charge in [0.1, 0.15) is 18.6 Å². The summed E-state index contributed by atoms with van der Waals surface area (Å²) in [6.45, 7) is 0.341. The number of rotatable bonds is 12. The zero-order chi connectivity index (χ0) is 22.0. The minimum atomic E-state index is -1.70. The monoisotopic (exact) mass is 405 g/mol. The Morgan fingerprint density at radius 3 is 1.89 bits per heavy atom. The lowest BCUT2D eigenvalue weighted by Crippen LogP contribution is -2.59. The Labute approximate surface area is 158 Å². The van der Waals surface area contributed by atoms with Crippen molar-refractivity contribution in [2.24, 2.45) is 11.5 Å². The summed E-state index contributed by atoms with van der Waals surface area (Å²) in [6, 6.07) is -4.76. The van der Waals surface area contributed by atoms with Crippen LogP contribution in [0.25, 0.3) is 0 Å². The minimum absolute atomic E-state index is 0.554. The molecule has 0 aromatic carbocycles. The van der Waals surface area contributed by atoms with Gasteiger partial charge in [0.2, 0.25) is 23.6 Å². The second-order valence-electron chi connectivity index (χ2n) is 5.77. The highest BCUT2D eigenvalue weighted by atomic mass is 16.4. The van der Waals surface area contributed by atoms with Gasteiger partial charge in [-0.3, -0.25) is 28.8 Å². The van der Waals surface area contributed by atoms with Crippen LogP contribution in [0.15, 0.2) is 0 Å². The average Bonchev–Trinajstić information content (AvgIpc) is 2.55. The highest BCUT2D eigenvalue weighted by Crippen LogP contribution is 2.00. The van der Waals surface area contributed by atoms with E-state index in [0.29, 0.717) is 0 Å². The minimum Gasteiger partial charge on any atom is -0.481 e. The van der Waals surface area contributed by atoms with Gasteiger partial charge in [0.15, 0.2) is 0 Å². The van der Waals surface area contributed by atoms with Crippen LogP contribution in [0.1, 0.15) is 19.8 Å². The molecule has 0 spiro atoms. The van der Waals surface area contributed by atoms with Crippen molar-refractivity contribution in [2.75, 3.05) is 6.54 Å². The van der Waals surface area contributed by atoms with Gasteiger partial charge in [-0.2, -0.15) is 0 Å². The largest absolute Gasteiger partial charge is 0.481 e. The van der Waals surface area contributed by atoms with E-state index in [0.717, 1.165) is 6.92 Å². The third-order valence-electron chi connectivity index (χ3n) is 3.25. The number of carbonyl (C=O) groups excluding carboxylic acids is 4. The maximum Gasteiger partial charge on any atom is 0.322 e. The van der Waals surface area contributed by atoms with Crippen molar-refractivity contribution in [3.05, 3.63) is 0 Å². The van der Waals surface area contributed by atoms with Gasteiger partial charge in [-0.25, -0.2) is 0 Å². The van der Waals surface area contributed by atoms with E-state index in [-0.39, 0.29) is 0 Å². The van der Waals surface area contributed by atoms with E-state index in [1.54, 1.807) is 0 Å². The lowest BCUT2D eigenvalue weighted by atomic mass is 10.1. The van der Waals surface area contributed by atoms with Crippen molar-refractivity contribution in [1.29, 1.82) is 0 Å². The summed E-state index contributed by atoms with van der Waals surface area (Å²) in [5, 5.41) is 33.1. The van der Waals surface area contributed by atoms with E-state index < -0.39 is 79.2 Å². The number of hydrogen-bond acceptors (Lipinski definition) is 8. The van der Waals surface area contributed by atoms with Crippen LogP contribution in [-0.2, 0) is 28.8 Å². The molecule has 28 heavy (non-hydrogen) atoms. The summed E-state index contributed by atoms with van der Waals surface area (Å²) in [6.07, 6.45) is -2.93. The molecule has 4 amide bonds. The number of aliphatic hydroxyl groups is 1. The predicted molar refractivity (Wildman–Crippen MR) is 90.2 cm³/mol. The van der Waals surface area contributed by atoms with Gasteiger partial charge in [0, 0.05) is 0 Å². The van der Waals surface area contributed by atoms with Crippen molar-refractivity contribution in [3.63, 3.8) is 0 Å². The van der Waals surface area contributed by atoms with Crippen LogP contribution in [0.2, 0.25) is 0 Å². The molecule has 158 valence electrons. The Bertz CT molecular complexity index is 637. The van der Waals surface area contributed by atoms with Crippen molar-refractivity contribution in [3.8, 4) is 0 Å². The van der Waals surface area contributed by atoms with Gasteiger partial charge < -0.3 is 42.7 Å². The first-order valence-electron chi connectivity index (χ1n) is 7.89. The molecule has 0 bridgehead atoms. The van der Waals surface area contributed by atoms with Crippen LogP contribution < -0.4 is 27.4 Å². The number of carboxylic acid groups (broad SMARTS) is 2. The van der Waals surface area contributed by atoms with E-state index in [2.05, 4.69) is 0 Å². The van der Waals surface area contributed by atoms with Gasteiger partial charge in [0.05, 0.1) is 25.0 Å². The van der Waals surface area contributed by atoms with Crippen LogP contribution in [0.4, 0.5) is 0 Å². The number of primary amides is 1. The molecule has 0 aromatic rings. The van der Waals surface area contributed by atoms with Gasteiger partial charge >= 0.3 is 11.9 Å². The zero-order valence-electron chi connectivity index (χ0n) is 14.9. The molecule has 0 radical (unpaired) electrons. The average molecular weight is 405 g/mol. The topological polar surface area (TPSA) is 251 Å². The normalized spacial score (nSPS) is 14.7. The van der Waals surface area contributed by atoms with Crippen LogP contribution in [0.3, 0.4) is 0 Å². The first-order valence-corrected chi connectivity index (χ1v) is 7.89. The molecule has 0 fully saturated rings. The third kappa shape index (κ3) is 9.44. The molecule has 0 saturated carbocycles. The lowest BCUT2D eigenvalue weighted by Gasteiger charge is -2.24. The van der Waals surface area contributed by atoms with Crippen molar-refractivity contribution in [2.45, 2.75) is 44.0 Å². The van der Waals surface area contributed by atoms with Crippen molar-refractivity contribution < 1.29 is 44.1 Å². The number of aliphatic carboxylic acids is 2. The molecule has 0 saturated heterocycles. The molecule has 14 heteroatoms. The standard InChI is InChI=1S/C14H23N5O9/c1-5(20)11(14(28)17-4-10(24)25)19-13(27)7(3-9(22)23)18-12(26)6(15)2-8(16)21/h5-7,11,20H,2-4,15H2,1H3,(H2,16,21)(H,17,28)(H,18,26)(H,19,27)(H,22,23)(H,24,25). The van der Waals surface area contributed by atoms with E-state index in [9.17, 15) is 33.9 Å². The number of nitrogens with two attached hydrogens (primary N) is 2. The Balaban J connectivity index is 5.22. The highest BCUT2D eigenvalue weighted by molar-refractivity contribution is 5.96. The van der Waals surface area contributed by atoms with Crippen LogP contribution in [0.5, 0.6) is 0 Å². The smallest absolute Gasteiger partial charge is 0.322 e. The molecule has 14 nitrogen and oxygen atoms in total. The van der Waals surface area contributed by atoms with Crippen LogP contribution >= 0.6 is 0 Å². The maximum atomic E-state index is 12.3. The Morgan fingerprint density at radius 2 is 1.46 bits per heavy atom. The van der Waals surface area contributed by atoms with E-state index >= 15 is 0 Å². The number of aliphatic hydroxyl groups excluding tert-OH is 1. The SMILES string of the molecule is CC(O)C(NC(=O)C(CC(=O)O)NC(=O)C(N)CC(N)=O)C(=O)NCC(=O)O. The van der Waals surface area contributed by atoms with E-state index in [1.165, 1.54) is 0 Å². The second kappa shape index (κ2) is 11.5. The fourth-order valence-corrected chi connectivity index (χ4v) is 1.90. The predicted octanol–water partition coefficient (Wildman–Crippen LogP) is -4.78. The number of amides is 4. The molecule has 0 aliphatic heterocycles. The number of carbonyl (C=O) groups is 6.